The molecule has 0 atom stereocenters. The summed E-state index contributed by atoms with van der Waals surface area (Å²) in [5.41, 5.74) is 2.21. The first-order valence-electron chi connectivity index (χ1n) is 8.91. The molecule has 6 nitrogen and oxygen atoms in total. The third-order valence-corrected chi connectivity index (χ3v) is 4.57. The van der Waals surface area contributed by atoms with E-state index in [2.05, 4.69) is 20.2 Å². The van der Waals surface area contributed by atoms with Gasteiger partial charge in [-0.2, -0.15) is 0 Å². The number of nitrogens with zero attached hydrogens (tertiary/aromatic N) is 4. The van der Waals surface area contributed by atoms with E-state index in [1.165, 1.54) is 19.3 Å². The van der Waals surface area contributed by atoms with Crippen LogP contribution < -0.4 is 10.2 Å². The van der Waals surface area contributed by atoms with Crippen molar-refractivity contribution in [1.82, 2.24) is 14.5 Å². The number of rotatable bonds is 4. The minimum atomic E-state index is -0.168. The van der Waals surface area contributed by atoms with Crippen LogP contribution in [0.5, 0.6) is 0 Å². The van der Waals surface area contributed by atoms with E-state index < -0.39 is 0 Å². The van der Waals surface area contributed by atoms with Gasteiger partial charge in [-0.05, 0) is 55.7 Å². The predicted octanol–water partition coefficient (Wildman–Crippen LogP) is 3.51. The number of carbonyl (C=O) groups excluding carboxylic acids is 1. The summed E-state index contributed by atoms with van der Waals surface area (Å²) in [6, 6.07) is 11.4. The molecule has 0 spiro atoms. The summed E-state index contributed by atoms with van der Waals surface area (Å²) in [6.07, 6.45) is 10.9. The van der Waals surface area contributed by atoms with Crippen LogP contribution in [0.4, 0.5) is 11.6 Å². The molecule has 26 heavy (non-hydrogen) atoms. The standard InChI is InChI=1S/C20H21N5O/c26-19(16-6-8-18(9-7-16)24-10-4-5-11-24)23-17-14-21-20(22-15-17)25-12-2-1-3-13-25/h4-11,14-15H,1-3,12-13H2,(H,23,26). The highest BCUT2D eigenvalue weighted by Crippen LogP contribution is 2.17. The lowest BCUT2D eigenvalue weighted by atomic mass is 10.1. The van der Waals surface area contributed by atoms with E-state index in [9.17, 15) is 4.79 Å². The molecule has 0 radical (unpaired) electrons. The first-order chi connectivity index (χ1) is 12.8. The zero-order chi connectivity index (χ0) is 17.8. The van der Waals surface area contributed by atoms with Crippen molar-refractivity contribution in [3.05, 3.63) is 66.7 Å². The van der Waals surface area contributed by atoms with E-state index >= 15 is 0 Å². The van der Waals surface area contributed by atoms with Gasteiger partial charge in [0.1, 0.15) is 0 Å². The van der Waals surface area contributed by atoms with Gasteiger partial charge in [0.25, 0.3) is 5.91 Å². The van der Waals surface area contributed by atoms with E-state index in [0.29, 0.717) is 11.3 Å². The molecule has 3 aromatic rings. The van der Waals surface area contributed by atoms with Gasteiger partial charge < -0.3 is 14.8 Å². The summed E-state index contributed by atoms with van der Waals surface area (Å²) in [6.45, 7) is 2.00. The summed E-state index contributed by atoms with van der Waals surface area (Å²) in [7, 11) is 0. The van der Waals surface area contributed by atoms with Crippen LogP contribution >= 0.6 is 0 Å². The zero-order valence-electron chi connectivity index (χ0n) is 14.5. The molecule has 4 rings (SSSR count). The van der Waals surface area contributed by atoms with E-state index in [1.807, 2.05) is 53.4 Å². The van der Waals surface area contributed by atoms with Gasteiger partial charge in [0, 0.05) is 36.7 Å². The van der Waals surface area contributed by atoms with Gasteiger partial charge in [-0.25, -0.2) is 9.97 Å². The Kier molecular flexibility index (Phi) is 4.64. The largest absolute Gasteiger partial charge is 0.341 e. The Bertz CT molecular complexity index is 850. The maximum atomic E-state index is 12.4. The molecule has 3 heterocycles. The van der Waals surface area contributed by atoms with Crippen molar-refractivity contribution in [2.24, 2.45) is 0 Å². The van der Waals surface area contributed by atoms with Crippen LogP contribution in [0, 0.1) is 0 Å². The van der Waals surface area contributed by atoms with Crippen molar-refractivity contribution in [3.8, 4) is 5.69 Å². The molecule has 1 aromatic carbocycles. The predicted molar refractivity (Wildman–Crippen MR) is 102 cm³/mol. The molecule has 1 aliphatic rings. The number of benzene rings is 1. The smallest absolute Gasteiger partial charge is 0.255 e. The molecule has 1 amide bonds. The fraction of sp³-hybridized carbons (Fsp3) is 0.250. The highest BCUT2D eigenvalue weighted by molar-refractivity contribution is 6.04. The van der Waals surface area contributed by atoms with Gasteiger partial charge in [0.2, 0.25) is 5.95 Å². The highest BCUT2D eigenvalue weighted by atomic mass is 16.1. The third kappa shape index (κ3) is 3.59. The normalized spacial score (nSPS) is 14.2. The van der Waals surface area contributed by atoms with Crippen LogP contribution in [0.1, 0.15) is 29.6 Å². The Morgan fingerprint density at radius 1 is 0.923 bits per heavy atom. The molecule has 0 saturated carbocycles. The fourth-order valence-electron chi connectivity index (χ4n) is 3.14. The second-order valence-electron chi connectivity index (χ2n) is 6.41. The summed E-state index contributed by atoms with van der Waals surface area (Å²) in [5.74, 6) is 0.567. The number of amides is 1. The van der Waals surface area contributed by atoms with Crippen LogP contribution in [0.25, 0.3) is 5.69 Å². The lowest BCUT2D eigenvalue weighted by Gasteiger charge is -2.26. The molecule has 0 bridgehead atoms. The van der Waals surface area contributed by atoms with Crippen LogP contribution in [0.15, 0.2) is 61.2 Å². The second kappa shape index (κ2) is 7.39. The topological polar surface area (TPSA) is 63.1 Å². The van der Waals surface area contributed by atoms with Crippen molar-refractivity contribution in [1.29, 1.82) is 0 Å². The second-order valence-corrected chi connectivity index (χ2v) is 6.41. The van der Waals surface area contributed by atoms with Gasteiger partial charge in [0.15, 0.2) is 0 Å². The van der Waals surface area contributed by atoms with Gasteiger partial charge >= 0.3 is 0 Å². The van der Waals surface area contributed by atoms with Crippen LogP contribution in [-0.2, 0) is 0 Å². The van der Waals surface area contributed by atoms with E-state index in [1.54, 1.807) is 12.4 Å². The summed E-state index contributed by atoms with van der Waals surface area (Å²) in [5, 5.41) is 2.85. The average Bonchev–Trinajstić information content (AvgIpc) is 3.24. The van der Waals surface area contributed by atoms with E-state index in [0.717, 1.165) is 24.7 Å². The third-order valence-electron chi connectivity index (χ3n) is 4.57. The number of nitrogens with one attached hydrogen (secondary N) is 1. The maximum absolute atomic E-state index is 12.4. The Balaban J connectivity index is 1.41. The van der Waals surface area contributed by atoms with Gasteiger partial charge in [0.05, 0.1) is 18.1 Å². The Morgan fingerprint density at radius 2 is 1.58 bits per heavy atom. The molecule has 0 aliphatic carbocycles. The summed E-state index contributed by atoms with van der Waals surface area (Å²) < 4.78 is 1.99. The summed E-state index contributed by atoms with van der Waals surface area (Å²) in [4.78, 5) is 23.4. The number of anilines is 2. The molecule has 1 saturated heterocycles. The maximum Gasteiger partial charge on any atom is 0.255 e. The first-order valence-corrected chi connectivity index (χ1v) is 8.91. The van der Waals surface area contributed by atoms with Crippen LogP contribution in [-0.4, -0.2) is 33.5 Å². The number of carbonyl (C=O) groups is 1. The molecule has 132 valence electrons. The first kappa shape index (κ1) is 16.3. The van der Waals surface area contributed by atoms with Crippen LogP contribution in [0.3, 0.4) is 0 Å². The van der Waals surface area contributed by atoms with Crippen molar-refractivity contribution in [2.75, 3.05) is 23.3 Å². The Morgan fingerprint density at radius 3 is 2.23 bits per heavy atom. The fourth-order valence-corrected chi connectivity index (χ4v) is 3.14. The Hall–Kier alpha value is -3.15. The van der Waals surface area contributed by atoms with Crippen molar-refractivity contribution < 1.29 is 4.79 Å². The summed E-state index contributed by atoms with van der Waals surface area (Å²) >= 11 is 0. The zero-order valence-corrected chi connectivity index (χ0v) is 14.5. The van der Waals surface area contributed by atoms with Gasteiger partial charge in [-0.1, -0.05) is 0 Å². The molecule has 1 fully saturated rings. The quantitative estimate of drug-likeness (QED) is 0.784. The van der Waals surface area contributed by atoms with Crippen molar-refractivity contribution >= 4 is 17.5 Å². The molecule has 6 heteroatoms. The minimum absolute atomic E-state index is 0.168. The molecule has 0 unspecified atom stereocenters. The monoisotopic (exact) mass is 347 g/mol. The Labute approximate surface area is 152 Å². The molecule has 2 aromatic heterocycles. The lowest BCUT2D eigenvalue weighted by Crippen LogP contribution is -2.30. The SMILES string of the molecule is O=C(Nc1cnc(N2CCCCC2)nc1)c1ccc(-n2cccc2)cc1. The molecular formula is C20H21N5O. The van der Waals surface area contributed by atoms with Crippen LogP contribution in [0.2, 0.25) is 0 Å². The number of hydrogen-bond acceptors (Lipinski definition) is 4. The van der Waals surface area contributed by atoms with E-state index in [-0.39, 0.29) is 5.91 Å². The molecule has 1 N–H and O–H groups in total. The number of aromatic nitrogens is 3. The van der Waals surface area contributed by atoms with Crippen molar-refractivity contribution in [3.63, 3.8) is 0 Å². The van der Waals surface area contributed by atoms with Crippen molar-refractivity contribution in [2.45, 2.75) is 19.3 Å². The average molecular weight is 347 g/mol. The molecule has 1 aliphatic heterocycles. The lowest BCUT2D eigenvalue weighted by molar-refractivity contribution is 0.102. The molecular weight excluding hydrogens is 326 g/mol. The van der Waals surface area contributed by atoms with Gasteiger partial charge in [-0.3, -0.25) is 4.79 Å². The number of hydrogen-bond donors (Lipinski definition) is 1. The van der Waals surface area contributed by atoms with Gasteiger partial charge in [-0.15, -0.1) is 0 Å². The number of piperidine rings is 1. The minimum Gasteiger partial charge on any atom is -0.341 e. The van der Waals surface area contributed by atoms with E-state index in [4.69, 9.17) is 0 Å². The highest BCUT2D eigenvalue weighted by Gasteiger charge is 2.13.